The third kappa shape index (κ3) is 3.41. The first-order valence-electron chi connectivity index (χ1n) is 8.59. The molecular formula is C18H24ClN5O. The number of para-hydroxylation sites is 1. The minimum absolute atomic E-state index is 0.0939. The number of carbonyl (C=O) groups excluding carboxylic acids is 1. The number of nitrogens with zero attached hydrogens (tertiary/aromatic N) is 4. The maximum atomic E-state index is 12.9. The number of hydrogen-bond donors (Lipinski definition) is 1. The number of rotatable bonds is 3. The van der Waals surface area contributed by atoms with Gasteiger partial charge in [0.25, 0.3) is 5.91 Å². The summed E-state index contributed by atoms with van der Waals surface area (Å²) in [6.45, 7) is 7.39. The smallest absolute Gasteiger partial charge is 0.293 e. The normalized spacial score (nSPS) is 19.9. The lowest BCUT2D eigenvalue weighted by molar-refractivity contribution is 0.0521. The fourth-order valence-electron chi connectivity index (χ4n) is 3.17. The Morgan fingerprint density at radius 1 is 1.40 bits per heavy atom. The quantitative estimate of drug-likeness (QED) is 0.911. The molecule has 2 heterocycles. The van der Waals surface area contributed by atoms with Gasteiger partial charge in [0.05, 0.1) is 10.7 Å². The summed E-state index contributed by atoms with van der Waals surface area (Å²) in [4.78, 5) is 19.2. The van der Waals surface area contributed by atoms with Gasteiger partial charge in [-0.25, -0.2) is 9.67 Å². The average molecular weight is 362 g/mol. The lowest BCUT2D eigenvalue weighted by atomic mass is 9.79. The Morgan fingerprint density at radius 3 is 2.76 bits per heavy atom. The van der Waals surface area contributed by atoms with Gasteiger partial charge in [-0.3, -0.25) is 4.79 Å². The van der Waals surface area contributed by atoms with Crippen LogP contribution >= 0.6 is 11.6 Å². The molecule has 134 valence electrons. The second kappa shape index (κ2) is 6.77. The van der Waals surface area contributed by atoms with Crippen molar-refractivity contribution >= 4 is 17.5 Å². The van der Waals surface area contributed by atoms with Crippen LogP contribution in [-0.4, -0.2) is 44.7 Å². The molecule has 1 unspecified atom stereocenters. The molecule has 0 bridgehead atoms. The SMILES string of the molecule is CCc1nc(C(=O)N2CCC(N)C(C)(C)C2)nn1-c1ccccc1Cl. The maximum Gasteiger partial charge on any atom is 0.293 e. The van der Waals surface area contributed by atoms with Crippen LogP contribution in [0.5, 0.6) is 0 Å². The van der Waals surface area contributed by atoms with E-state index in [1.165, 1.54) is 0 Å². The fourth-order valence-corrected chi connectivity index (χ4v) is 3.38. The molecule has 1 aromatic heterocycles. The van der Waals surface area contributed by atoms with E-state index in [1.807, 2.05) is 25.1 Å². The highest BCUT2D eigenvalue weighted by Gasteiger charge is 2.36. The summed E-state index contributed by atoms with van der Waals surface area (Å²) in [5, 5.41) is 5.03. The molecule has 3 rings (SSSR count). The Labute approximate surface area is 153 Å². The first-order chi connectivity index (χ1) is 11.8. The first-order valence-corrected chi connectivity index (χ1v) is 8.97. The topological polar surface area (TPSA) is 77.0 Å². The molecule has 0 radical (unpaired) electrons. The van der Waals surface area contributed by atoms with Gasteiger partial charge in [-0.2, -0.15) is 0 Å². The summed E-state index contributed by atoms with van der Waals surface area (Å²) in [5.74, 6) is 0.771. The van der Waals surface area contributed by atoms with Crippen molar-refractivity contribution in [3.8, 4) is 5.69 Å². The number of benzene rings is 1. The van der Waals surface area contributed by atoms with Gasteiger partial charge < -0.3 is 10.6 Å². The van der Waals surface area contributed by atoms with E-state index in [9.17, 15) is 4.79 Å². The second-order valence-corrected chi connectivity index (χ2v) is 7.59. The molecule has 2 aromatic rings. The van der Waals surface area contributed by atoms with Crippen LogP contribution in [0.25, 0.3) is 5.69 Å². The Hall–Kier alpha value is -1.92. The minimum Gasteiger partial charge on any atom is -0.335 e. The Bertz CT molecular complexity index is 786. The molecule has 1 aromatic carbocycles. The Morgan fingerprint density at radius 2 is 2.12 bits per heavy atom. The van der Waals surface area contributed by atoms with Crippen molar-refractivity contribution in [2.45, 2.75) is 39.7 Å². The Balaban J connectivity index is 1.91. The molecule has 1 atom stereocenters. The third-order valence-corrected chi connectivity index (χ3v) is 5.18. The van der Waals surface area contributed by atoms with Gasteiger partial charge >= 0.3 is 0 Å². The third-order valence-electron chi connectivity index (χ3n) is 4.86. The van der Waals surface area contributed by atoms with Gasteiger partial charge in [0.15, 0.2) is 0 Å². The molecule has 7 heteroatoms. The highest BCUT2D eigenvalue weighted by atomic mass is 35.5. The molecule has 0 spiro atoms. The average Bonchev–Trinajstić information content (AvgIpc) is 3.01. The standard InChI is InChI=1S/C18H24ClN5O/c1-4-15-21-16(22-24(15)13-8-6-5-7-12(13)19)17(25)23-10-9-14(20)18(2,3)11-23/h5-8,14H,4,9-11,20H2,1-3H3. The van der Waals surface area contributed by atoms with Crippen molar-refractivity contribution in [2.75, 3.05) is 13.1 Å². The lowest BCUT2D eigenvalue weighted by Gasteiger charge is -2.42. The molecule has 2 N–H and O–H groups in total. The number of aromatic nitrogens is 3. The van der Waals surface area contributed by atoms with Crippen LogP contribution in [0, 0.1) is 5.41 Å². The number of likely N-dealkylation sites (tertiary alicyclic amines) is 1. The molecule has 1 aliphatic heterocycles. The molecule has 0 aliphatic carbocycles. The van der Waals surface area contributed by atoms with E-state index < -0.39 is 0 Å². The summed E-state index contributed by atoms with van der Waals surface area (Å²) in [5.41, 5.74) is 6.78. The largest absolute Gasteiger partial charge is 0.335 e. The molecule has 6 nitrogen and oxygen atoms in total. The van der Waals surface area contributed by atoms with Crippen LogP contribution in [0.2, 0.25) is 5.02 Å². The van der Waals surface area contributed by atoms with Crippen molar-refractivity contribution in [3.63, 3.8) is 0 Å². The summed E-state index contributed by atoms with van der Waals surface area (Å²) < 4.78 is 1.66. The van der Waals surface area contributed by atoms with E-state index in [1.54, 1.807) is 15.6 Å². The van der Waals surface area contributed by atoms with Crippen LogP contribution < -0.4 is 5.73 Å². The van der Waals surface area contributed by atoms with Gasteiger partial charge in [0.2, 0.25) is 5.82 Å². The van der Waals surface area contributed by atoms with E-state index in [4.69, 9.17) is 17.3 Å². The van der Waals surface area contributed by atoms with Crippen LogP contribution in [0.1, 0.15) is 43.6 Å². The highest BCUT2D eigenvalue weighted by Crippen LogP contribution is 2.28. The summed E-state index contributed by atoms with van der Waals surface area (Å²) in [6.07, 6.45) is 1.44. The highest BCUT2D eigenvalue weighted by molar-refractivity contribution is 6.32. The van der Waals surface area contributed by atoms with E-state index in [0.29, 0.717) is 30.4 Å². The van der Waals surface area contributed by atoms with E-state index >= 15 is 0 Å². The van der Waals surface area contributed by atoms with Crippen molar-refractivity contribution in [3.05, 3.63) is 40.9 Å². The number of halogens is 1. The van der Waals surface area contributed by atoms with E-state index in [0.717, 1.165) is 12.1 Å². The lowest BCUT2D eigenvalue weighted by Crippen LogP contribution is -2.54. The van der Waals surface area contributed by atoms with E-state index in [2.05, 4.69) is 23.9 Å². The number of amides is 1. The minimum atomic E-state index is -0.152. The predicted octanol–water partition coefficient (Wildman–Crippen LogP) is 2.68. The van der Waals surface area contributed by atoms with E-state index in [-0.39, 0.29) is 23.2 Å². The van der Waals surface area contributed by atoms with Gasteiger partial charge in [-0.1, -0.05) is 44.5 Å². The van der Waals surface area contributed by atoms with Crippen LogP contribution in [0.3, 0.4) is 0 Å². The van der Waals surface area contributed by atoms with Crippen molar-refractivity contribution in [1.82, 2.24) is 19.7 Å². The molecule has 1 aliphatic rings. The van der Waals surface area contributed by atoms with Crippen molar-refractivity contribution < 1.29 is 4.79 Å². The second-order valence-electron chi connectivity index (χ2n) is 7.18. The summed E-state index contributed by atoms with van der Waals surface area (Å²) in [6, 6.07) is 7.51. The maximum absolute atomic E-state index is 12.9. The zero-order chi connectivity index (χ0) is 18.2. The molecular weight excluding hydrogens is 338 g/mol. The summed E-state index contributed by atoms with van der Waals surface area (Å²) >= 11 is 6.28. The van der Waals surface area contributed by atoms with Crippen molar-refractivity contribution in [2.24, 2.45) is 11.1 Å². The number of nitrogens with two attached hydrogens (primary N) is 1. The van der Waals surface area contributed by atoms with Gasteiger partial charge in [0, 0.05) is 25.6 Å². The fraction of sp³-hybridized carbons (Fsp3) is 0.500. The van der Waals surface area contributed by atoms with Gasteiger partial charge in [0.1, 0.15) is 5.82 Å². The van der Waals surface area contributed by atoms with Crippen LogP contribution in [0.15, 0.2) is 24.3 Å². The first kappa shape index (κ1) is 17.9. The van der Waals surface area contributed by atoms with Gasteiger partial charge in [-0.15, -0.1) is 5.10 Å². The predicted molar refractivity (Wildman–Crippen MR) is 98.0 cm³/mol. The number of piperidine rings is 1. The summed E-state index contributed by atoms with van der Waals surface area (Å²) in [7, 11) is 0. The molecule has 0 saturated carbocycles. The number of carbonyl (C=O) groups is 1. The molecule has 25 heavy (non-hydrogen) atoms. The van der Waals surface area contributed by atoms with Crippen molar-refractivity contribution in [1.29, 1.82) is 0 Å². The zero-order valence-corrected chi connectivity index (χ0v) is 15.6. The monoisotopic (exact) mass is 361 g/mol. The molecule has 1 saturated heterocycles. The zero-order valence-electron chi connectivity index (χ0n) is 14.9. The number of aryl methyl sites for hydroxylation is 1. The Kier molecular flexibility index (Phi) is 4.84. The molecule has 1 fully saturated rings. The van der Waals surface area contributed by atoms with Crippen LogP contribution in [0.4, 0.5) is 0 Å². The number of hydrogen-bond acceptors (Lipinski definition) is 4. The molecule has 1 amide bonds. The van der Waals surface area contributed by atoms with Gasteiger partial charge in [-0.05, 0) is 24.0 Å². The van der Waals surface area contributed by atoms with Crippen LogP contribution in [-0.2, 0) is 6.42 Å².